The van der Waals surface area contributed by atoms with Gasteiger partial charge in [0.15, 0.2) is 0 Å². The summed E-state index contributed by atoms with van der Waals surface area (Å²) >= 11 is 0. The third kappa shape index (κ3) is 4.31. The summed E-state index contributed by atoms with van der Waals surface area (Å²) in [5, 5.41) is 2.84. The summed E-state index contributed by atoms with van der Waals surface area (Å²) in [6, 6.07) is 7.94. The lowest BCUT2D eigenvalue weighted by atomic mass is 10.1. The molecule has 0 radical (unpaired) electrons. The van der Waals surface area contributed by atoms with Gasteiger partial charge in [-0.3, -0.25) is 9.59 Å². The van der Waals surface area contributed by atoms with Crippen molar-refractivity contribution in [2.24, 2.45) is 0 Å². The SMILES string of the molecule is CCc1ccc(N(CCNC(=O)C2CCCO2)C(C)=O)cc1. The number of nitrogens with one attached hydrogen (secondary N) is 1. The molecule has 2 amide bonds. The van der Waals surface area contributed by atoms with E-state index in [1.54, 1.807) is 4.90 Å². The second-order valence-corrected chi connectivity index (χ2v) is 5.48. The largest absolute Gasteiger partial charge is 0.368 e. The first-order valence-corrected chi connectivity index (χ1v) is 7.88. The Morgan fingerprint density at radius 1 is 1.32 bits per heavy atom. The van der Waals surface area contributed by atoms with E-state index in [1.807, 2.05) is 24.3 Å². The van der Waals surface area contributed by atoms with Crippen molar-refractivity contribution in [1.82, 2.24) is 5.32 Å². The fourth-order valence-electron chi connectivity index (χ4n) is 2.57. The van der Waals surface area contributed by atoms with Crippen molar-refractivity contribution < 1.29 is 14.3 Å². The van der Waals surface area contributed by atoms with E-state index in [4.69, 9.17) is 4.74 Å². The molecule has 120 valence electrons. The van der Waals surface area contributed by atoms with Gasteiger partial charge in [0.25, 0.3) is 0 Å². The second-order valence-electron chi connectivity index (χ2n) is 5.48. The highest BCUT2D eigenvalue weighted by Crippen LogP contribution is 2.16. The fraction of sp³-hybridized carbons (Fsp3) is 0.529. The highest BCUT2D eigenvalue weighted by molar-refractivity contribution is 5.91. The molecule has 0 saturated carbocycles. The van der Waals surface area contributed by atoms with Crippen molar-refractivity contribution in [3.63, 3.8) is 0 Å². The molecule has 1 aliphatic heterocycles. The molecule has 1 unspecified atom stereocenters. The maximum Gasteiger partial charge on any atom is 0.249 e. The minimum atomic E-state index is -0.324. The lowest BCUT2D eigenvalue weighted by molar-refractivity contribution is -0.130. The van der Waals surface area contributed by atoms with Crippen LogP contribution in [0.15, 0.2) is 24.3 Å². The second kappa shape index (κ2) is 7.94. The highest BCUT2D eigenvalue weighted by Gasteiger charge is 2.23. The lowest BCUT2D eigenvalue weighted by Crippen LogP contribution is -2.41. The lowest BCUT2D eigenvalue weighted by Gasteiger charge is -2.22. The van der Waals surface area contributed by atoms with E-state index in [9.17, 15) is 9.59 Å². The van der Waals surface area contributed by atoms with E-state index in [0.717, 1.165) is 24.9 Å². The number of nitrogens with zero attached hydrogens (tertiary/aromatic N) is 1. The summed E-state index contributed by atoms with van der Waals surface area (Å²) in [7, 11) is 0. The first kappa shape index (κ1) is 16.5. The Hall–Kier alpha value is -1.88. The Labute approximate surface area is 131 Å². The molecule has 0 spiro atoms. The molecule has 1 fully saturated rings. The van der Waals surface area contributed by atoms with Crippen LogP contribution in [-0.4, -0.2) is 37.6 Å². The van der Waals surface area contributed by atoms with Crippen LogP contribution < -0.4 is 10.2 Å². The molecule has 2 rings (SSSR count). The van der Waals surface area contributed by atoms with Crippen LogP contribution in [0.1, 0.15) is 32.3 Å². The topological polar surface area (TPSA) is 58.6 Å². The van der Waals surface area contributed by atoms with E-state index >= 15 is 0 Å². The molecule has 1 saturated heterocycles. The fourth-order valence-corrected chi connectivity index (χ4v) is 2.57. The van der Waals surface area contributed by atoms with Gasteiger partial charge in [0.1, 0.15) is 6.10 Å². The average molecular weight is 304 g/mol. The monoisotopic (exact) mass is 304 g/mol. The van der Waals surface area contributed by atoms with Crippen molar-refractivity contribution in [1.29, 1.82) is 0 Å². The zero-order valence-corrected chi connectivity index (χ0v) is 13.3. The summed E-state index contributed by atoms with van der Waals surface area (Å²) in [6.07, 6.45) is 2.36. The molecule has 1 aromatic carbocycles. The molecule has 1 heterocycles. The minimum Gasteiger partial charge on any atom is -0.368 e. The van der Waals surface area contributed by atoms with Crippen molar-refractivity contribution in [2.45, 2.75) is 39.2 Å². The Bertz CT molecular complexity index is 507. The van der Waals surface area contributed by atoms with Crippen LogP contribution in [0.5, 0.6) is 0 Å². The van der Waals surface area contributed by atoms with E-state index in [2.05, 4.69) is 12.2 Å². The predicted octanol–water partition coefficient (Wildman–Crippen LogP) is 1.90. The molecule has 22 heavy (non-hydrogen) atoms. The number of amides is 2. The van der Waals surface area contributed by atoms with E-state index < -0.39 is 0 Å². The van der Waals surface area contributed by atoms with Crippen LogP contribution in [0.25, 0.3) is 0 Å². The smallest absolute Gasteiger partial charge is 0.249 e. The summed E-state index contributed by atoms with van der Waals surface area (Å²) < 4.78 is 5.34. The molecule has 1 atom stereocenters. The number of ether oxygens (including phenoxy) is 1. The summed E-state index contributed by atoms with van der Waals surface area (Å²) in [5.41, 5.74) is 2.09. The molecule has 1 aromatic rings. The van der Waals surface area contributed by atoms with Crippen molar-refractivity contribution >= 4 is 17.5 Å². The highest BCUT2D eigenvalue weighted by atomic mass is 16.5. The Morgan fingerprint density at radius 3 is 2.59 bits per heavy atom. The number of hydrogen-bond donors (Lipinski definition) is 1. The van der Waals surface area contributed by atoms with Gasteiger partial charge in [-0.25, -0.2) is 0 Å². The maximum absolute atomic E-state index is 11.9. The van der Waals surface area contributed by atoms with Crippen LogP contribution in [0, 0.1) is 0 Å². The third-order valence-electron chi connectivity index (χ3n) is 3.89. The number of carbonyl (C=O) groups excluding carboxylic acids is 2. The molecule has 1 N–H and O–H groups in total. The first-order valence-electron chi connectivity index (χ1n) is 7.88. The van der Waals surface area contributed by atoms with Gasteiger partial charge in [-0.2, -0.15) is 0 Å². The summed E-state index contributed by atoms with van der Waals surface area (Å²) in [5.74, 6) is -0.113. The maximum atomic E-state index is 11.9. The van der Waals surface area contributed by atoms with E-state index in [0.29, 0.717) is 19.7 Å². The standard InChI is InChI=1S/C17H24N2O3/c1-3-14-6-8-15(9-7-14)19(13(2)20)11-10-18-17(21)16-5-4-12-22-16/h6-9,16H,3-5,10-12H2,1-2H3,(H,18,21). The number of benzene rings is 1. The van der Waals surface area contributed by atoms with Gasteiger partial charge in [0.05, 0.1) is 0 Å². The normalized spacial score (nSPS) is 17.3. The number of anilines is 1. The Morgan fingerprint density at radius 2 is 2.05 bits per heavy atom. The average Bonchev–Trinajstić information content (AvgIpc) is 3.06. The first-order chi connectivity index (χ1) is 10.6. The third-order valence-corrected chi connectivity index (χ3v) is 3.89. The zero-order valence-electron chi connectivity index (χ0n) is 13.3. The van der Waals surface area contributed by atoms with Crippen LogP contribution in [-0.2, 0) is 20.7 Å². The van der Waals surface area contributed by atoms with Gasteiger partial charge in [-0.05, 0) is 37.0 Å². The van der Waals surface area contributed by atoms with Crippen LogP contribution in [0.2, 0.25) is 0 Å². The molecule has 5 nitrogen and oxygen atoms in total. The molecule has 0 aliphatic carbocycles. The van der Waals surface area contributed by atoms with Gasteiger partial charge >= 0.3 is 0 Å². The van der Waals surface area contributed by atoms with Crippen LogP contribution in [0.3, 0.4) is 0 Å². The zero-order chi connectivity index (χ0) is 15.9. The van der Waals surface area contributed by atoms with Crippen LogP contribution >= 0.6 is 0 Å². The number of aryl methyl sites for hydroxylation is 1. The Kier molecular flexibility index (Phi) is 5.95. The molecule has 0 bridgehead atoms. The molecular formula is C17H24N2O3. The number of carbonyl (C=O) groups is 2. The molecular weight excluding hydrogens is 280 g/mol. The molecule has 0 aromatic heterocycles. The predicted molar refractivity (Wildman–Crippen MR) is 85.8 cm³/mol. The van der Waals surface area contributed by atoms with Gasteiger partial charge in [0.2, 0.25) is 11.8 Å². The molecule has 1 aliphatic rings. The molecule has 5 heteroatoms. The minimum absolute atomic E-state index is 0.0318. The van der Waals surface area contributed by atoms with Gasteiger partial charge in [-0.15, -0.1) is 0 Å². The summed E-state index contributed by atoms with van der Waals surface area (Å²) in [4.78, 5) is 25.4. The number of hydrogen-bond acceptors (Lipinski definition) is 3. The number of rotatable bonds is 6. The van der Waals surface area contributed by atoms with Crippen LogP contribution in [0.4, 0.5) is 5.69 Å². The van der Waals surface area contributed by atoms with E-state index in [-0.39, 0.29) is 17.9 Å². The summed E-state index contributed by atoms with van der Waals surface area (Å²) in [6.45, 7) is 5.17. The van der Waals surface area contributed by atoms with E-state index in [1.165, 1.54) is 12.5 Å². The van der Waals surface area contributed by atoms with Crippen molar-refractivity contribution in [2.75, 3.05) is 24.6 Å². The van der Waals surface area contributed by atoms with Gasteiger partial charge in [-0.1, -0.05) is 19.1 Å². The Balaban J connectivity index is 1.88. The van der Waals surface area contributed by atoms with Gasteiger partial charge < -0.3 is 15.0 Å². The van der Waals surface area contributed by atoms with Crippen molar-refractivity contribution in [3.05, 3.63) is 29.8 Å². The van der Waals surface area contributed by atoms with Gasteiger partial charge in [0, 0.05) is 32.3 Å². The quantitative estimate of drug-likeness (QED) is 0.873. The van der Waals surface area contributed by atoms with Crippen molar-refractivity contribution in [3.8, 4) is 0 Å².